The highest BCUT2D eigenvalue weighted by Gasteiger charge is 2.42. The molecule has 2 heterocycles. The van der Waals surface area contributed by atoms with Crippen LogP contribution in [0, 0.1) is 17.2 Å². The van der Waals surface area contributed by atoms with Crippen LogP contribution >= 0.6 is 0 Å². The molecule has 4 rings (SSSR count). The second-order valence-corrected chi connectivity index (χ2v) is 6.42. The van der Waals surface area contributed by atoms with Crippen molar-refractivity contribution in [2.24, 2.45) is 5.92 Å². The van der Waals surface area contributed by atoms with Crippen LogP contribution in [0.4, 0.5) is 5.69 Å². The number of hydrogen-bond donors (Lipinski definition) is 0. The Bertz CT molecular complexity index is 1020. The Kier molecular flexibility index (Phi) is 4.12. The number of hydroxylamine groups is 2. The predicted molar refractivity (Wildman–Crippen MR) is 94.7 cm³/mol. The molecule has 8 heteroatoms. The van der Waals surface area contributed by atoms with Crippen molar-refractivity contribution in [1.82, 2.24) is 5.06 Å². The Morgan fingerprint density at radius 1 is 1.00 bits per heavy atom. The predicted octanol–water partition coefficient (Wildman–Crippen LogP) is 1.67. The Labute approximate surface area is 159 Å². The molecule has 0 aromatic heterocycles. The van der Waals surface area contributed by atoms with E-state index >= 15 is 0 Å². The lowest BCUT2D eigenvalue weighted by Crippen LogP contribution is -2.36. The Hall–Kier alpha value is -3.99. The first-order valence-corrected chi connectivity index (χ1v) is 8.49. The van der Waals surface area contributed by atoms with Crippen LogP contribution in [-0.2, 0) is 14.4 Å². The molecule has 28 heavy (non-hydrogen) atoms. The molecule has 0 bridgehead atoms. The van der Waals surface area contributed by atoms with Gasteiger partial charge in [-0.3, -0.25) is 14.4 Å². The largest absolute Gasteiger partial charge is 0.338 e. The third-order valence-corrected chi connectivity index (χ3v) is 4.70. The molecule has 1 unspecified atom stereocenters. The van der Waals surface area contributed by atoms with Crippen LogP contribution in [0.2, 0.25) is 0 Å². The smallest absolute Gasteiger partial charge is 0.329 e. The minimum absolute atomic E-state index is 0.0622. The number of carbonyl (C=O) groups excluding carboxylic acids is 4. The average molecular weight is 375 g/mol. The molecule has 3 amide bonds. The van der Waals surface area contributed by atoms with E-state index in [4.69, 9.17) is 10.1 Å². The van der Waals surface area contributed by atoms with Crippen LogP contribution in [0.5, 0.6) is 0 Å². The van der Waals surface area contributed by atoms with Crippen molar-refractivity contribution in [1.29, 1.82) is 5.26 Å². The lowest BCUT2D eigenvalue weighted by Gasteiger charge is -2.17. The second kappa shape index (κ2) is 6.63. The Morgan fingerprint density at radius 3 is 2.18 bits per heavy atom. The van der Waals surface area contributed by atoms with Gasteiger partial charge in [0, 0.05) is 18.7 Å². The number of hydrogen-bond acceptors (Lipinski definition) is 6. The number of nitriles is 1. The minimum atomic E-state index is -0.820. The van der Waals surface area contributed by atoms with Gasteiger partial charge < -0.3 is 9.74 Å². The highest BCUT2D eigenvalue weighted by atomic mass is 16.7. The van der Waals surface area contributed by atoms with Crippen LogP contribution in [-0.4, -0.2) is 35.3 Å². The van der Waals surface area contributed by atoms with Crippen molar-refractivity contribution in [3.63, 3.8) is 0 Å². The van der Waals surface area contributed by atoms with Crippen LogP contribution in [0.15, 0.2) is 48.5 Å². The van der Waals surface area contributed by atoms with Crippen LogP contribution in [0.25, 0.3) is 0 Å². The van der Waals surface area contributed by atoms with E-state index < -0.39 is 23.7 Å². The zero-order valence-corrected chi connectivity index (χ0v) is 14.5. The molecule has 2 aromatic rings. The number of carbonyl (C=O) groups is 4. The molecule has 1 fully saturated rings. The van der Waals surface area contributed by atoms with E-state index in [9.17, 15) is 19.2 Å². The fourth-order valence-corrected chi connectivity index (χ4v) is 3.25. The molecule has 1 atom stereocenters. The lowest BCUT2D eigenvalue weighted by atomic mass is 10.1. The highest BCUT2D eigenvalue weighted by Crippen LogP contribution is 2.28. The van der Waals surface area contributed by atoms with Crippen molar-refractivity contribution >= 4 is 29.4 Å². The third-order valence-electron chi connectivity index (χ3n) is 4.70. The second-order valence-electron chi connectivity index (χ2n) is 6.42. The fraction of sp³-hybridized carbons (Fsp3) is 0.150. The summed E-state index contributed by atoms with van der Waals surface area (Å²) in [5.41, 5.74) is 1.35. The SMILES string of the molecule is N#Cc1ccc(N2CC(C(=O)ON3C(=O)c4ccccc4C3=O)CC2=O)cc1. The molecule has 0 saturated carbocycles. The number of benzene rings is 2. The quantitative estimate of drug-likeness (QED) is 0.755. The summed E-state index contributed by atoms with van der Waals surface area (Å²) in [5.74, 6) is -3.33. The molecular weight excluding hydrogens is 362 g/mol. The summed E-state index contributed by atoms with van der Waals surface area (Å²) in [7, 11) is 0. The monoisotopic (exact) mass is 375 g/mol. The van der Waals surface area contributed by atoms with E-state index in [1.165, 1.54) is 17.0 Å². The maximum Gasteiger partial charge on any atom is 0.338 e. The summed E-state index contributed by atoms with van der Waals surface area (Å²) in [6.07, 6.45) is -0.0952. The minimum Gasteiger partial charge on any atom is -0.329 e. The molecule has 0 N–H and O–H groups in total. The van der Waals surface area contributed by atoms with Crippen molar-refractivity contribution in [3.8, 4) is 6.07 Å². The van der Waals surface area contributed by atoms with Gasteiger partial charge in [-0.1, -0.05) is 17.2 Å². The van der Waals surface area contributed by atoms with Crippen LogP contribution < -0.4 is 4.90 Å². The fourth-order valence-electron chi connectivity index (χ4n) is 3.25. The van der Waals surface area contributed by atoms with Crippen molar-refractivity contribution in [2.45, 2.75) is 6.42 Å². The van der Waals surface area contributed by atoms with Gasteiger partial charge in [0.2, 0.25) is 5.91 Å². The van der Waals surface area contributed by atoms with Crippen molar-refractivity contribution < 1.29 is 24.0 Å². The number of fused-ring (bicyclic) bond motifs is 1. The van der Waals surface area contributed by atoms with Gasteiger partial charge in [-0.25, -0.2) is 4.79 Å². The van der Waals surface area contributed by atoms with Gasteiger partial charge in [0.1, 0.15) is 0 Å². The standard InChI is InChI=1S/C20H13N3O5/c21-10-12-5-7-14(8-6-12)22-11-13(9-17(22)24)20(27)28-23-18(25)15-3-1-2-4-16(15)19(23)26/h1-8,13H,9,11H2. The molecular formula is C20H13N3O5. The number of nitrogens with zero attached hydrogens (tertiary/aromatic N) is 3. The van der Waals surface area contributed by atoms with E-state index in [1.54, 1.807) is 36.4 Å². The first-order valence-electron chi connectivity index (χ1n) is 8.49. The van der Waals surface area contributed by atoms with Gasteiger partial charge in [-0.05, 0) is 36.4 Å². The first-order chi connectivity index (χ1) is 13.5. The van der Waals surface area contributed by atoms with E-state index in [1.807, 2.05) is 6.07 Å². The van der Waals surface area contributed by atoms with Gasteiger partial charge in [0.15, 0.2) is 0 Å². The Morgan fingerprint density at radius 2 is 1.61 bits per heavy atom. The summed E-state index contributed by atoms with van der Waals surface area (Å²) >= 11 is 0. The summed E-state index contributed by atoms with van der Waals surface area (Å²) in [6.45, 7) is 0.0622. The zero-order valence-electron chi connectivity index (χ0n) is 14.5. The molecule has 138 valence electrons. The van der Waals surface area contributed by atoms with Gasteiger partial charge in [0.05, 0.1) is 28.7 Å². The summed E-state index contributed by atoms with van der Waals surface area (Å²) in [6, 6.07) is 14.6. The normalized spacial score (nSPS) is 18.2. The molecule has 8 nitrogen and oxygen atoms in total. The highest BCUT2D eigenvalue weighted by molar-refractivity contribution is 6.21. The molecule has 2 aromatic carbocycles. The molecule has 0 aliphatic carbocycles. The van der Waals surface area contributed by atoms with Gasteiger partial charge in [-0.15, -0.1) is 0 Å². The van der Waals surface area contributed by atoms with Crippen LogP contribution in [0.1, 0.15) is 32.7 Å². The van der Waals surface area contributed by atoms with E-state index in [-0.39, 0.29) is 30.0 Å². The van der Waals surface area contributed by atoms with Crippen LogP contribution in [0.3, 0.4) is 0 Å². The molecule has 1 saturated heterocycles. The lowest BCUT2D eigenvalue weighted by molar-refractivity contribution is -0.173. The topological polar surface area (TPSA) is 108 Å². The van der Waals surface area contributed by atoms with Gasteiger partial charge in [0.25, 0.3) is 11.8 Å². The number of rotatable bonds is 3. The molecule has 0 radical (unpaired) electrons. The average Bonchev–Trinajstić information content (AvgIpc) is 3.22. The summed E-state index contributed by atoms with van der Waals surface area (Å²) in [5, 5.41) is 9.30. The van der Waals surface area contributed by atoms with Crippen molar-refractivity contribution in [3.05, 3.63) is 65.2 Å². The third kappa shape index (κ3) is 2.79. The van der Waals surface area contributed by atoms with E-state index in [0.29, 0.717) is 16.3 Å². The Balaban J connectivity index is 1.46. The zero-order chi connectivity index (χ0) is 19.8. The maximum absolute atomic E-state index is 12.5. The number of amides is 3. The molecule has 0 spiro atoms. The van der Waals surface area contributed by atoms with Gasteiger partial charge >= 0.3 is 5.97 Å². The maximum atomic E-state index is 12.5. The van der Waals surface area contributed by atoms with E-state index in [0.717, 1.165) is 0 Å². The summed E-state index contributed by atoms with van der Waals surface area (Å²) < 4.78 is 0. The molecule has 2 aliphatic rings. The van der Waals surface area contributed by atoms with Crippen molar-refractivity contribution in [2.75, 3.05) is 11.4 Å². The first kappa shape index (κ1) is 17.4. The number of anilines is 1. The molecule has 2 aliphatic heterocycles. The number of imide groups is 1. The summed E-state index contributed by atoms with van der Waals surface area (Å²) in [4.78, 5) is 55.8. The van der Waals surface area contributed by atoms with E-state index in [2.05, 4.69) is 0 Å². The van der Waals surface area contributed by atoms with Gasteiger partial charge in [-0.2, -0.15) is 5.26 Å².